The van der Waals surface area contributed by atoms with E-state index in [0.717, 1.165) is 18.4 Å². The fourth-order valence-corrected chi connectivity index (χ4v) is 3.37. The van der Waals surface area contributed by atoms with E-state index in [-0.39, 0.29) is 11.8 Å². The molecule has 0 radical (unpaired) electrons. The molecule has 1 fully saturated rings. The second-order valence-corrected chi connectivity index (χ2v) is 6.36. The van der Waals surface area contributed by atoms with E-state index in [2.05, 4.69) is 20.4 Å². The third kappa shape index (κ3) is 3.10. The van der Waals surface area contributed by atoms with Crippen LogP contribution in [0.25, 0.3) is 11.0 Å². The van der Waals surface area contributed by atoms with Gasteiger partial charge in [0, 0.05) is 24.8 Å². The van der Waals surface area contributed by atoms with Crippen LogP contribution in [0.15, 0.2) is 42.6 Å². The van der Waals surface area contributed by atoms with Crippen molar-refractivity contribution in [1.29, 1.82) is 0 Å². The molecule has 1 atom stereocenters. The molecule has 3 heterocycles. The van der Waals surface area contributed by atoms with E-state index in [1.807, 2.05) is 23.1 Å². The fraction of sp³-hybridized carbons (Fsp3) is 0.333. The number of pyridine rings is 1. The van der Waals surface area contributed by atoms with Crippen molar-refractivity contribution >= 4 is 16.9 Å². The molecule has 1 aliphatic heterocycles. The van der Waals surface area contributed by atoms with Crippen LogP contribution >= 0.6 is 0 Å². The van der Waals surface area contributed by atoms with Crippen molar-refractivity contribution in [3.05, 3.63) is 53.9 Å². The van der Waals surface area contributed by atoms with Crippen molar-refractivity contribution in [2.75, 3.05) is 13.1 Å². The first-order valence-corrected chi connectivity index (χ1v) is 8.41. The predicted octanol–water partition coefficient (Wildman–Crippen LogP) is 1.94. The first-order valence-electron chi connectivity index (χ1n) is 8.41. The van der Waals surface area contributed by atoms with Gasteiger partial charge in [0.15, 0.2) is 0 Å². The number of likely N-dealkylation sites (tertiary alicyclic amines) is 1. The Labute approximate surface area is 144 Å². The predicted molar refractivity (Wildman–Crippen MR) is 91.7 cm³/mol. The Bertz CT molecular complexity index is 871. The number of hydrogen-bond donors (Lipinski definition) is 2. The third-order valence-corrected chi connectivity index (χ3v) is 4.83. The van der Waals surface area contributed by atoms with Gasteiger partial charge in [0.05, 0.1) is 11.8 Å². The summed E-state index contributed by atoms with van der Waals surface area (Å²) in [7, 11) is 0. The van der Waals surface area contributed by atoms with Crippen molar-refractivity contribution in [2.45, 2.75) is 18.9 Å². The van der Waals surface area contributed by atoms with Crippen LogP contribution in [0.5, 0.6) is 0 Å². The van der Waals surface area contributed by atoms with E-state index in [9.17, 15) is 9.90 Å². The largest absolute Gasteiger partial charge is 0.387 e. The summed E-state index contributed by atoms with van der Waals surface area (Å²) in [5.41, 5.74) is 2.74. The van der Waals surface area contributed by atoms with Crippen LogP contribution in [0.1, 0.15) is 35.0 Å². The summed E-state index contributed by atoms with van der Waals surface area (Å²) >= 11 is 0. The van der Waals surface area contributed by atoms with Gasteiger partial charge in [-0.1, -0.05) is 6.07 Å². The highest BCUT2D eigenvalue weighted by Crippen LogP contribution is 2.30. The number of aromatic amines is 1. The van der Waals surface area contributed by atoms with Crippen LogP contribution in [-0.2, 0) is 0 Å². The molecule has 7 heteroatoms. The van der Waals surface area contributed by atoms with Gasteiger partial charge in [-0.3, -0.25) is 9.78 Å². The Morgan fingerprint density at radius 1 is 1.16 bits per heavy atom. The minimum Gasteiger partial charge on any atom is -0.387 e. The number of rotatable bonds is 3. The van der Waals surface area contributed by atoms with Crippen LogP contribution < -0.4 is 0 Å². The molecule has 0 saturated carbocycles. The molecule has 128 valence electrons. The monoisotopic (exact) mass is 337 g/mol. The molecular weight excluding hydrogens is 318 g/mol. The summed E-state index contributed by atoms with van der Waals surface area (Å²) < 4.78 is 0. The molecule has 1 amide bonds. The van der Waals surface area contributed by atoms with E-state index in [4.69, 9.17) is 0 Å². The van der Waals surface area contributed by atoms with E-state index in [1.165, 1.54) is 0 Å². The second-order valence-electron chi connectivity index (χ2n) is 6.36. The fourth-order valence-electron chi connectivity index (χ4n) is 3.37. The first kappa shape index (κ1) is 15.7. The lowest BCUT2D eigenvalue weighted by molar-refractivity contribution is 0.0447. The van der Waals surface area contributed by atoms with Gasteiger partial charge in [-0.2, -0.15) is 15.4 Å². The maximum absolute atomic E-state index is 12.7. The molecule has 0 spiro atoms. The van der Waals surface area contributed by atoms with Crippen molar-refractivity contribution in [3.8, 4) is 0 Å². The van der Waals surface area contributed by atoms with Gasteiger partial charge in [-0.15, -0.1) is 0 Å². The number of aliphatic hydroxyl groups is 1. The molecular formula is C18H19N5O2. The van der Waals surface area contributed by atoms with Gasteiger partial charge in [-0.05, 0) is 49.1 Å². The highest BCUT2D eigenvalue weighted by Gasteiger charge is 2.29. The van der Waals surface area contributed by atoms with Crippen LogP contribution in [0, 0.1) is 5.92 Å². The van der Waals surface area contributed by atoms with Gasteiger partial charge >= 0.3 is 0 Å². The van der Waals surface area contributed by atoms with Crippen LogP contribution in [0.4, 0.5) is 0 Å². The number of H-pyrrole nitrogens is 1. The van der Waals surface area contributed by atoms with Gasteiger partial charge in [0.25, 0.3) is 5.91 Å². The zero-order chi connectivity index (χ0) is 17.2. The minimum atomic E-state index is -0.579. The molecule has 1 saturated heterocycles. The van der Waals surface area contributed by atoms with E-state index in [1.54, 1.807) is 24.4 Å². The van der Waals surface area contributed by atoms with Gasteiger partial charge in [-0.25, -0.2) is 0 Å². The number of hydrogen-bond acceptors (Lipinski definition) is 5. The van der Waals surface area contributed by atoms with E-state index < -0.39 is 6.10 Å². The maximum atomic E-state index is 12.7. The SMILES string of the molecule is O=C(c1ccc2n[nH]nc2c1)N1CCC(C(O)c2ccccn2)CC1. The molecule has 7 nitrogen and oxygen atoms in total. The highest BCUT2D eigenvalue weighted by molar-refractivity contribution is 5.97. The van der Waals surface area contributed by atoms with E-state index in [0.29, 0.717) is 29.9 Å². The first-order chi connectivity index (χ1) is 12.2. The molecule has 1 unspecified atom stereocenters. The molecule has 4 rings (SSSR count). The molecule has 0 aliphatic carbocycles. The quantitative estimate of drug-likeness (QED) is 0.761. The molecule has 2 N–H and O–H groups in total. The summed E-state index contributed by atoms with van der Waals surface area (Å²) in [6.07, 6.45) is 2.63. The van der Waals surface area contributed by atoms with Crippen LogP contribution in [0.2, 0.25) is 0 Å². The zero-order valence-electron chi connectivity index (χ0n) is 13.7. The van der Waals surface area contributed by atoms with Crippen molar-refractivity contribution < 1.29 is 9.90 Å². The van der Waals surface area contributed by atoms with E-state index >= 15 is 0 Å². The van der Waals surface area contributed by atoms with Crippen LogP contribution in [-0.4, -0.2) is 49.4 Å². The Hall–Kier alpha value is -2.80. The molecule has 0 bridgehead atoms. The second kappa shape index (κ2) is 6.60. The summed E-state index contributed by atoms with van der Waals surface area (Å²) in [6.45, 7) is 1.26. The molecule has 1 aromatic carbocycles. The number of carbonyl (C=O) groups excluding carboxylic acids is 1. The number of nitrogens with zero attached hydrogens (tertiary/aromatic N) is 4. The lowest BCUT2D eigenvalue weighted by atomic mass is 9.89. The third-order valence-electron chi connectivity index (χ3n) is 4.83. The standard InChI is InChI=1S/C18H19N5O2/c24-17(15-3-1-2-8-19-15)12-6-9-23(10-7-12)18(25)13-4-5-14-16(11-13)21-22-20-14/h1-5,8,11-12,17,24H,6-7,9-10H2,(H,20,21,22). The number of carbonyl (C=O) groups is 1. The number of aromatic nitrogens is 4. The average molecular weight is 337 g/mol. The van der Waals surface area contributed by atoms with Gasteiger partial charge in [0.1, 0.15) is 11.0 Å². The molecule has 2 aromatic heterocycles. The Morgan fingerprint density at radius 3 is 2.72 bits per heavy atom. The smallest absolute Gasteiger partial charge is 0.253 e. The summed E-state index contributed by atoms with van der Waals surface area (Å²) in [5, 5.41) is 21.1. The number of benzene rings is 1. The van der Waals surface area contributed by atoms with Gasteiger partial charge < -0.3 is 10.0 Å². The normalized spacial score (nSPS) is 16.9. The molecule has 1 aliphatic rings. The zero-order valence-corrected chi connectivity index (χ0v) is 13.7. The van der Waals surface area contributed by atoms with Crippen molar-refractivity contribution in [1.82, 2.24) is 25.3 Å². The molecule has 3 aromatic rings. The Morgan fingerprint density at radius 2 is 1.96 bits per heavy atom. The maximum Gasteiger partial charge on any atom is 0.253 e. The summed E-state index contributed by atoms with van der Waals surface area (Å²) in [4.78, 5) is 18.8. The van der Waals surface area contributed by atoms with Gasteiger partial charge in [0.2, 0.25) is 0 Å². The number of fused-ring (bicyclic) bond motifs is 1. The number of piperidine rings is 1. The van der Waals surface area contributed by atoms with Crippen molar-refractivity contribution in [2.24, 2.45) is 5.92 Å². The summed E-state index contributed by atoms with van der Waals surface area (Å²) in [5.74, 6) is 0.118. The highest BCUT2D eigenvalue weighted by atomic mass is 16.3. The van der Waals surface area contributed by atoms with Crippen molar-refractivity contribution in [3.63, 3.8) is 0 Å². The Kier molecular flexibility index (Phi) is 4.15. The summed E-state index contributed by atoms with van der Waals surface area (Å²) in [6, 6.07) is 10.9. The number of aliphatic hydroxyl groups excluding tert-OH is 1. The molecule has 25 heavy (non-hydrogen) atoms. The topological polar surface area (TPSA) is 95.0 Å². The van der Waals surface area contributed by atoms with Crippen LogP contribution in [0.3, 0.4) is 0 Å². The lowest BCUT2D eigenvalue weighted by Gasteiger charge is -2.34. The number of nitrogens with one attached hydrogen (secondary N) is 1. The Balaban J connectivity index is 1.42. The minimum absolute atomic E-state index is 0.00400. The number of amides is 1. The lowest BCUT2D eigenvalue weighted by Crippen LogP contribution is -2.39. The average Bonchev–Trinajstić information content (AvgIpc) is 3.15.